The lowest BCUT2D eigenvalue weighted by atomic mass is 9.77. The van der Waals surface area contributed by atoms with E-state index in [1.54, 1.807) is 19.5 Å². The Morgan fingerprint density at radius 3 is 2.78 bits per heavy atom. The number of methoxy groups -OCH3 is 1. The first kappa shape index (κ1) is 13.1. The van der Waals surface area contributed by atoms with E-state index in [4.69, 9.17) is 4.74 Å². The Labute approximate surface area is 108 Å². The quantitative estimate of drug-likeness (QED) is 0.854. The Bertz CT molecular complexity index is 382. The molecule has 0 spiro atoms. The molecule has 0 radical (unpaired) electrons. The van der Waals surface area contributed by atoms with Crippen molar-refractivity contribution in [1.29, 1.82) is 0 Å². The number of nitrogens with zero attached hydrogens (tertiary/aromatic N) is 2. The molecule has 0 saturated heterocycles. The highest BCUT2D eigenvalue weighted by Gasteiger charge is 2.34. The SMILES string of the molecule is COc1cnc(NC2(CO)CCCC(C)C2)nc1. The molecule has 2 atom stereocenters. The van der Waals surface area contributed by atoms with Gasteiger partial charge in [-0.25, -0.2) is 9.97 Å². The normalized spacial score (nSPS) is 27.8. The van der Waals surface area contributed by atoms with Crippen molar-refractivity contribution in [3.63, 3.8) is 0 Å². The number of anilines is 1. The predicted molar refractivity (Wildman–Crippen MR) is 69.7 cm³/mol. The Hall–Kier alpha value is -1.36. The van der Waals surface area contributed by atoms with Gasteiger partial charge in [0.1, 0.15) is 0 Å². The zero-order valence-corrected chi connectivity index (χ0v) is 11.0. The molecule has 0 aliphatic heterocycles. The van der Waals surface area contributed by atoms with Gasteiger partial charge in [-0.15, -0.1) is 0 Å². The molecule has 1 fully saturated rings. The maximum Gasteiger partial charge on any atom is 0.223 e. The highest BCUT2D eigenvalue weighted by molar-refractivity contribution is 5.31. The van der Waals surface area contributed by atoms with E-state index in [9.17, 15) is 5.11 Å². The maximum atomic E-state index is 9.68. The molecule has 1 aliphatic carbocycles. The molecule has 0 aromatic carbocycles. The fourth-order valence-corrected chi connectivity index (χ4v) is 2.68. The van der Waals surface area contributed by atoms with Gasteiger partial charge in [0.15, 0.2) is 5.75 Å². The molecule has 2 unspecified atom stereocenters. The van der Waals surface area contributed by atoms with Crippen molar-refractivity contribution < 1.29 is 9.84 Å². The van der Waals surface area contributed by atoms with E-state index in [0.29, 0.717) is 17.6 Å². The Kier molecular flexibility index (Phi) is 4.01. The second-order valence-electron chi connectivity index (χ2n) is 5.21. The number of ether oxygens (including phenoxy) is 1. The molecule has 0 amide bonds. The molecular formula is C13H21N3O2. The van der Waals surface area contributed by atoms with Crippen LogP contribution in [0.15, 0.2) is 12.4 Å². The number of rotatable bonds is 4. The summed E-state index contributed by atoms with van der Waals surface area (Å²) in [6.45, 7) is 2.34. The van der Waals surface area contributed by atoms with Crippen molar-refractivity contribution in [1.82, 2.24) is 9.97 Å². The molecule has 1 aromatic rings. The molecule has 18 heavy (non-hydrogen) atoms. The van der Waals surface area contributed by atoms with E-state index >= 15 is 0 Å². The summed E-state index contributed by atoms with van der Waals surface area (Å²) in [5.41, 5.74) is -0.272. The molecule has 0 bridgehead atoms. The van der Waals surface area contributed by atoms with Crippen molar-refractivity contribution in [2.75, 3.05) is 19.0 Å². The van der Waals surface area contributed by atoms with Crippen LogP contribution in [0.25, 0.3) is 0 Å². The predicted octanol–water partition coefficient (Wildman–Crippen LogP) is 1.84. The third-order valence-electron chi connectivity index (χ3n) is 3.63. The van der Waals surface area contributed by atoms with E-state index in [0.717, 1.165) is 19.3 Å². The third kappa shape index (κ3) is 2.90. The molecule has 5 nitrogen and oxygen atoms in total. The number of hydrogen-bond acceptors (Lipinski definition) is 5. The molecule has 2 N–H and O–H groups in total. The Morgan fingerprint density at radius 1 is 1.50 bits per heavy atom. The van der Waals surface area contributed by atoms with Gasteiger partial charge in [0.05, 0.1) is 31.6 Å². The minimum Gasteiger partial charge on any atom is -0.494 e. The molecule has 2 rings (SSSR count). The lowest BCUT2D eigenvalue weighted by molar-refractivity contribution is 0.149. The van der Waals surface area contributed by atoms with Gasteiger partial charge in [-0.05, 0) is 18.8 Å². The van der Waals surface area contributed by atoms with Gasteiger partial charge in [-0.2, -0.15) is 0 Å². The van der Waals surface area contributed by atoms with Crippen molar-refractivity contribution in [2.45, 2.75) is 38.1 Å². The Balaban J connectivity index is 2.08. The molecular weight excluding hydrogens is 230 g/mol. The summed E-state index contributed by atoms with van der Waals surface area (Å²) < 4.78 is 5.03. The molecule has 1 saturated carbocycles. The largest absolute Gasteiger partial charge is 0.494 e. The minimum absolute atomic E-state index is 0.118. The number of aliphatic hydroxyl groups is 1. The maximum absolute atomic E-state index is 9.68. The second kappa shape index (κ2) is 5.52. The first-order valence-electron chi connectivity index (χ1n) is 6.42. The third-order valence-corrected chi connectivity index (χ3v) is 3.63. The number of aliphatic hydroxyl groups excluding tert-OH is 1. The first-order chi connectivity index (χ1) is 8.67. The van der Waals surface area contributed by atoms with Crippen molar-refractivity contribution in [3.05, 3.63) is 12.4 Å². The van der Waals surface area contributed by atoms with Gasteiger partial charge in [-0.1, -0.05) is 19.8 Å². The van der Waals surface area contributed by atoms with Crippen molar-refractivity contribution in [2.24, 2.45) is 5.92 Å². The zero-order valence-electron chi connectivity index (χ0n) is 11.0. The van der Waals surface area contributed by atoms with Crippen LogP contribution in [0.5, 0.6) is 5.75 Å². The number of nitrogens with one attached hydrogen (secondary N) is 1. The summed E-state index contributed by atoms with van der Waals surface area (Å²) in [4.78, 5) is 8.41. The Morgan fingerprint density at radius 2 is 2.22 bits per heavy atom. The average Bonchev–Trinajstić information content (AvgIpc) is 2.39. The highest BCUT2D eigenvalue weighted by Crippen LogP contribution is 2.34. The van der Waals surface area contributed by atoms with Crippen LogP contribution in [0.1, 0.15) is 32.6 Å². The van der Waals surface area contributed by atoms with Crippen LogP contribution >= 0.6 is 0 Å². The van der Waals surface area contributed by atoms with Crippen LogP contribution < -0.4 is 10.1 Å². The second-order valence-corrected chi connectivity index (χ2v) is 5.21. The van der Waals surface area contributed by atoms with Gasteiger partial charge in [0, 0.05) is 0 Å². The topological polar surface area (TPSA) is 67.3 Å². The molecule has 1 aromatic heterocycles. The lowest BCUT2D eigenvalue weighted by Crippen LogP contribution is -2.46. The highest BCUT2D eigenvalue weighted by atomic mass is 16.5. The van der Waals surface area contributed by atoms with Gasteiger partial charge >= 0.3 is 0 Å². The van der Waals surface area contributed by atoms with E-state index in [1.807, 2.05) is 0 Å². The van der Waals surface area contributed by atoms with Crippen LogP contribution in [-0.2, 0) is 0 Å². The summed E-state index contributed by atoms with van der Waals surface area (Å²) in [5.74, 6) is 1.81. The zero-order chi connectivity index (χ0) is 13.0. The van der Waals surface area contributed by atoms with E-state index in [2.05, 4.69) is 22.2 Å². The molecule has 1 aliphatic rings. The summed E-state index contributed by atoms with van der Waals surface area (Å²) in [7, 11) is 1.59. The van der Waals surface area contributed by atoms with Crippen molar-refractivity contribution in [3.8, 4) is 5.75 Å². The smallest absolute Gasteiger partial charge is 0.223 e. The number of aromatic nitrogens is 2. The van der Waals surface area contributed by atoms with E-state index in [-0.39, 0.29) is 12.1 Å². The number of hydrogen-bond donors (Lipinski definition) is 2. The summed E-state index contributed by atoms with van der Waals surface area (Å²) in [5, 5.41) is 13.0. The first-order valence-corrected chi connectivity index (χ1v) is 6.42. The van der Waals surface area contributed by atoms with E-state index < -0.39 is 0 Å². The average molecular weight is 251 g/mol. The van der Waals surface area contributed by atoms with Crippen LogP contribution in [0, 0.1) is 5.92 Å². The summed E-state index contributed by atoms with van der Waals surface area (Å²) in [6, 6.07) is 0. The van der Waals surface area contributed by atoms with Crippen molar-refractivity contribution >= 4 is 5.95 Å². The van der Waals surface area contributed by atoms with Gasteiger partial charge in [0.2, 0.25) is 5.95 Å². The molecule has 5 heteroatoms. The minimum atomic E-state index is -0.272. The van der Waals surface area contributed by atoms with E-state index in [1.165, 1.54) is 6.42 Å². The van der Waals surface area contributed by atoms with Crippen LogP contribution in [-0.4, -0.2) is 34.3 Å². The van der Waals surface area contributed by atoms with Crippen LogP contribution in [0.3, 0.4) is 0 Å². The van der Waals surface area contributed by atoms with Gasteiger partial charge in [0.25, 0.3) is 0 Å². The van der Waals surface area contributed by atoms with Crippen LogP contribution in [0.4, 0.5) is 5.95 Å². The summed E-state index contributed by atoms with van der Waals surface area (Å²) in [6.07, 6.45) is 7.54. The van der Waals surface area contributed by atoms with Gasteiger partial charge < -0.3 is 15.2 Å². The summed E-state index contributed by atoms with van der Waals surface area (Å²) >= 11 is 0. The monoisotopic (exact) mass is 251 g/mol. The molecule has 1 heterocycles. The standard InChI is InChI=1S/C13H21N3O2/c1-10-4-3-5-13(6-10,9-17)16-12-14-7-11(18-2)8-15-12/h7-8,10,17H,3-6,9H2,1-2H3,(H,14,15,16). The fourth-order valence-electron chi connectivity index (χ4n) is 2.68. The van der Waals surface area contributed by atoms with Crippen LogP contribution in [0.2, 0.25) is 0 Å². The lowest BCUT2D eigenvalue weighted by Gasteiger charge is -2.39. The molecule has 100 valence electrons. The fraction of sp³-hybridized carbons (Fsp3) is 0.692. The van der Waals surface area contributed by atoms with Gasteiger partial charge in [-0.3, -0.25) is 0 Å².